The summed E-state index contributed by atoms with van der Waals surface area (Å²) < 4.78 is 14.6. The number of hydrogen-bond donors (Lipinski definition) is 0. The molecule has 0 aliphatic heterocycles. The lowest BCUT2D eigenvalue weighted by molar-refractivity contribution is -0.140. The predicted molar refractivity (Wildman–Crippen MR) is 57.8 cm³/mol. The third-order valence-electron chi connectivity index (χ3n) is 1.60. The molecule has 0 aliphatic carbocycles. The van der Waals surface area contributed by atoms with Crippen LogP contribution in [-0.2, 0) is 23.8 Å². The molecule has 0 saturated heterocycles. The molecule has 0 heterocycles. The average Bonchev–Trinajstić information content (AvgIpc) is 2.27. The maximum absolute atomic E-state index is 11.6. The molecular formula is C11H18O5. The van der Waals surface area contributed by atoms with Crippen LogP contribution < -0.4 is 0 Å². The average molecular weight is 230 g/mol. The van der Waals surface area contributed by atoms with Crippen LogP contribution in [0.4, 0.5) is 0 Å². The van der Waals surface area contributed by atoms with E-state index in [1.54, 1.807) is 20.8 Å². The third kappa shape index (κ3) is 5.50. The fourth-order valence-corrected chi connectivity index (χ4v) is 0.876. The van der Waals surface area contributed by atoms with Crippen molar-refractivity contribution in [2.75, 3.05) is 26.4 Å². The molecule has 0 amide bonds. The van der Waals surface area contributed by atoms with Crippen molar-refractivity contribution in [2.24, 2.45) is 0 Å². The number of ketones is 1. The van der Waals surface area contributed by atoms with Gasteiger partial charge in [0.1, 0.15) is 18.4 Å². The van der Waals surface area contributed by atoms with Crippen molar-refractivity contribution >= 4 is 11.8 Å². The van der Waals surface area contributed by atoms with E-state index in [9.17, 15) is 9.59 Å². The summed E-state index contributed by atoms with van der Waals surface area (Å²) in [5.74, 6) is -1.12. The van der Waals surface area contributed by atoms with Crippen LogP contribution in [0.15, 0.2) is 11.8 Å². The lowest BCUT2D eigenvalue weighted by Crippen LogP contribution is -2.20. The van der Waals surface area contributed by atoms with E-state index in [0.29, 0.717) is 13.2 Å². The lowest BCUT2D eigenvalue weighted by atomic mass is 10.2. The van der Waals surface area contributed by atoms with Crippen LogP contribution in [-0.4, -0.2) is 38.2 Å². The summed E-state index contributed by atoms with van der Waals surface area (Å²) in [5, 5.41) is 0. The van der Waals surface area contributed by atoms with Gasteiger partial charge in [0.15, 0.2) is 5.78 Å². The highest BCUT2D eigenvalue weighted by molar-refractivity contribution is 6.17. The molecule has 0 saturated carbocycles. The SMILES string of the molecule is CCO/C=C(/C(=O)COCC)C(=O)OCC. The Kier molecular flexibility index (Phi) is 8.15. The van der Waals surface area contributed by atoms with Crippen LogP contribution >= 0.6 is 0 Å². The first-order valence-electron chi connectivity index (χ1n) is 5.27. The van der Waals surface area contributed by atoms with Crippen molar-refractivity contribution in [1.29, 1.82) is 0 Å². The maximum atomic E-state index is 11.6. The quantitative estimate of drug-likeness (QED) is 0.205. The molecule has 0 radical (unpaired) electrons. The van der Waals surface area contributed by atoms with Crippen LogP contribution in [0.2, 0.25) is 0 Å². The second-order valence-corrected chi connectivity index (χ2v) is 2.77. The van der Waals surface area contributed by atoms with Crippen molar-refractivity contribution in [2.45, 2.75) is 20.8 Å². The van der Waals surface area contributed by atoms with Gasteiger partial charge in [-0.2, -0.15) is 0 Å². The van der Waals surface area contributed by atoms with Crippen molar-refractivity contribution in [3.8, 4) is 0 Å². The molecule has 0 atom stereocenters. The van der Waals surface area contributed by atoms with E-state index in [1.807, 2.05) is 0 Å². The zero-order valence-electron chi connectivity index (χ0n) is 9.95. The topological polar surface area (TPSA) is 61.8 Å². The lowest BCUT2D eigenvalue weighted by Gasteiger charge is -2.06. The van der Waals surface area contributed by atoms with Gasteiger partial charge in [0.2, 0.25) is 0 Å². The number of esters is 1. The first-order valence-corrected chi connectivity index (χ1v) is 5.27. The van der Waals surface area contributed by atoms with E-state index in [2.05, 4.69) is 0 Å². The van der Waals surface area contributed by atoms with Crippen LogP contribution in [0, 0.1) is 0 Å². The Morgan fingerprint density at radius 2 is 1.75 bits per heavy atom. The van der Waals surface area contributed by atoms with Gasteiger partial charge in [-0.3, -0.25) is 4.79 Å². The Morgan fingerprint density at radius 1 is 1.06 bits per heavy atom. The van der Waals surface area contributed by atoms with Gasteiger partial charge in [0.05, 0.1) is 13.2 Å². The van der Waals surface area contributed by atoms with E-state index < -0.39 is 11.8 Å². The Labute approximate surface area is 95.4 Å². The Hall–Kier alpha value is -1.36. The summed E-state index contributed by atoms with van der Waals surface area (Å²) in [5.41, 5.74) is -0.114. The number of hydrogen-bond acceptors (Lipinski definition) is 5. The number of ether oxygens (including phenoxy) is 3. The van der Waals surface area contributed by atoms with Gasteiger partial charge in [-0.1, -0.05) is 0 Å². The van der Waals surface area contributed by atoms with Gasteiger partial charge in [-0.15, -0.1) is 0 Å². The van der Waals surface area contributed by atoms with Gasteiger partial charge in [0, 0.05) is 6.61 Å². The van der Waals surface area contributed by atoms with Crippen molar-refractivity contribution < 1.29 is 23.8 Å². The molecule has 5 heteroatoms. The summed E-state index contributed by atoms with van der Waals surface area (Å²) >= 11 is 0. The number of carbonyl (C=O) groups is 2. The minimum absolute atomic E-state index is 0.114. The molecule has 0 N–H and O–H groups in total. The van der Waals surface area contributed by atoms with Crippen LogP contribution in [0.25, 0.3) is 0 Å². The van der Waals surface area contributed by atoms with Crippen LogP contribution in [0.5, 0.6) is 0 Å². The highest BCUT2D eigenvalue weighted by Crippen LogP contribution is 2.02. The summed E-state index contributed by atoms with van der Waals surface area (Å²) in [4.78, 5) is 23.0. The number of rotatable bonds is 8. The zero-order chi connectivity index (χ0) is 12.4. The molecule has 92 valence electrons. The van der Waals surface area contributed by atoms with E-state index in [0.717, 1.165) is 6.26 Å². The molecule has 0 fully saturated rings. The highest BCUT2D eigenvalue weighted by atomic mass is 16.5. The van der Waals surface area contributed by atoms with E-state index in [-0.39, 0.29) is 18.8 Å². The molecular weight excluding hydrogens is 212 g/mol. The predicted octanol–water partition coefficient (Wildman–Crippen LogP) is 1.08. The summed E-state index contributed by atoms with van der Waals surface area (Å²) in [6.07, 6.45) is 1.12. The Balaban J connectivity index is 4.53. The highest BCUT2D eigenvalue weighted by Gasteiger charge is 2.20. The summed E-state index contributed by atoms with van der Waals surface area (Å²) in [6, 6.07) is 0. The fraction of sp³-hybridized carbons (Fsp3) is 0.636. The molecule has 0 unspecified atom stereocenters. The third-order valence-corrected chi connectivity index (χ3v) is 1.60. The van der Waals surface area contributed by atoms with Gasteiger partial charge in [-0.05, 0) is 20.8 Å². The van der Waals surface area contributed by atoms with E-state index in [4.69, 9.17) is 14.2 Å². The minimum Gasteiger partial charge on any atom is -0.500 e. The van der Waals surface area contributed by atoms with Crippen molar-refractivity contribution in [1.82, 2.24) is 0 Å². The largest absolute Gasteiger partial charge is 0.500 e. The van der Waals surface area contributed by atoms with Gasteiger partial charge >= 0.3 is 5.97 Å². The molecule has 0 aliphatic rings. The van der Waals surface area contributed by atoms with Crippen molar-refractivity contribution in [3.05, 3.63) is 11.8 Å². The van der Waals surface area contributed by atoms with E-state index in [1.165, 1.54) is 0 Å². The minimum atomic E-state index is -0.680. The standard InChI is InChI=1S/C11H18O5/c1-4-14-7-9(11(13)16-6-3)10(12)8-15-5-2/h7H,4-6,8H2,1-3H3/b9-7-. The second-order valence-electron chi connectivity index (χ2n) is 2.77. The van der Waals surface area contributed by atoms with Gasteiger partial charge in [0.25, 0.3) is 0 Å². The maximum Gasteiger partial charge on any atom is 0.345 e. The molecule has 0 aromatic heterocycles. The first kappa shape index (κ1) is 14.6. The van der Waals surface area contributed by atoms with Crippen LogP contribution in [0.3, 0.4) is 0 Å². The number of Topliss-reactive ketones (excluding diaryl/α,β-unsaturated/α-hetero) is 1. The molecule has 5 nitrogen and oxygen atoms in total. The number of carbonyl (C=O) groups excluding carboxylic acids is 2. The zero-order valence-corrected chi connectivity index (χ0v) is 9.95. The molecule has 0 aromatic carbocycles. The molecule has 0 bridgehead atoms. The molecule has 0 aromatic rings. The normalized spacial score (nSPS) is 11.1. The summed E-state index contributed by atoms with van der Waals surface area (Å²) in [7, 11) is 0. The molecule has 0 rings (SSSR count). The fourth-order valence-electron chi connectivity index (χ4n) is 0.876. The van der Waals surface area contributed by atoms with Crippen molar-refractivity contribution in [3.63, 3.8) is 0 Å². The van der Waals surface area contributed by atoms with E-state index >= 15 is 0 Å². The summed E-state index contributed by atoms with van der Waals surface area (Å²) in [6.45, 7) is 6.05. The Morgan fingerprint density at radius 3 is 2.25 bits per heavy atom. The van der Waals surface area contributed by atoms with Gasteiger partial charge in [-0.25, -0.2) is 4.79 Å². The monoisotopic (exact) mass is 230 g/mol. The van der Waals surface area contributed by atoms with Crippen LogP contribution in [0.1, 0.15) is 20.8 Å². The molecule has 16 heavy (non-hydrogen) atoms. The molecule has 0 spiro atoms. The van der Waals surface area contributed by atoms with Gasteiger partial charge < -0.3 is 14.2 Å². The Bertz CT molecular complexity index is 257. The second kappa shape index (κ2) is 8.91. The smallest absolute Gasteiger partial charge is 0.345 e. The first-order chi connectivity index (χ1) is 7.67.